The predicted octanol–water partition coefficient (Wildman–Crippen LogP) is 8.98. The van der Waals surface area contributed by atoms with Crippen LogP contribution in [-0.2, 0) is 11.8 Å². The molecule has 0 atom stereocenters. The summed E-state index contributed by atoms with van der Waals surface area (Å²) in [5.41, 5.74) is -4.98. The first-order chi connectivity index (χ1) is 17.9. The minimum absolute atomic E-state index is 0.0941. The summed E-state index contributed by atoms with van der Waals surface area (Å²) in [7, 11) is 0. The second-order valence-electron chi connectivity index (χ2n) is 8.64. The van der Waals surface area contributed by atoms with E-state index >= 15 is 22.0 Å². The lowest BCUT2D eigenvalue weighted by atomic mass is 9.79. The van der Waals surface area contributed by atoms with Gasteiger partial charge in [-0.3, -0.25) is 0 Å². The van der Waals surface area contributed by atoms with Crippen molar-refractivity contribution in [2.75, 3.05) is 6.61 Å². The summed E-state index contributed by atoms with van der Waals surface area (Å²) in [5, 5.41) is 0. The van der Waals surface area contributed by atoms with Crippen molar-refractivity contribution in [3.8, 4) is 22.6 Å². The Morgan fingerprint density at radius 2 is 1.47 bits per heavy atom. The van der Waals surface area contributed by atoms with E-state index in [1.807, 2.05) is 0 Å². The first kappa shape index (κ1) is 27.5. The van der Waals surface area contributed by atoms with E-state index in [4.69, 9.17) is 4.74 Å². The Morgan fingerprint density at radius 3 is 2.05 bits per heavy atom. The van der Waals surface area contributed by atoms with Gasteiger partial charge in [0, 0.05) is 0 Å². The molecule has 4 rings (SSSR count). The fourth-order valence-electron chi connectivity index (χ4n) is 4.37. The van der Waals surface area contributed by atoms with Gasteiger partial charge in [-0.25, -0.2) is 8.78 Å². The molecule has 0 amide bonds. The van der Waals surface area contributed by atoms with Gasteiger partial charge in [-0.15, -0.1) is 6.58 Å². The van der Waals surface area contributed by atoms with Crippen molar-refractivity contribution in [2.45, 2.75) is 44.1 Å². The zero-order chi connectivity index (χ0) is 27.9. The van der Waals surface area contributed by atoms with Crippen molar-refractivity contribution in [1.29, 1.82) is 0 Å². The first-order valence-corrected chi connectivity index (χ1v) is 11.7. The smallest absolute Gasteiger partial charge is 0.426 e. The highest BCUT2D eigenvalue weighted by atomic mass is 19.3. The van der Waals surface area contributed by atoms with Crippen molar-refractivity contribution in [3.05, 3.63) is 95.1 Å². The highest BCUT2D eigenvalue weighted by Crippen LogP contribution is 2.60. The van der Waals surface area contributed by atoms with Gasteiger partial charge in [0.15, 0.2) is 23.1 Å². The van der Waals surface area contributed by atoms with Crippen LogP contribution in [0.4, 0.5) is 35.1 Å². The molecule has 0 saturated carbocycles. The molecule has 2 aromatic rings. The van der Waals surface area contributed by atoms with Crippen molar-refractivity contribution < 1.29 is 44.6 Å². The maximum atomic E-state index is 15.3. The maximum absolute atomic E-state index is 15.3. The Bertz CT molecular complexity index is 1360. The van der Waals surface area contributed by atoms with Crippen LogP contribution in [0.25, 0.3) is 11.1 Å². The topological polar surface area (TPSA) is 18.5 Å². The summed E-state index contributed by atoms with van der Waals surface area (Å²) in [6, 6.07) is 3.17. The fraction of sp³-hybridized carbons (Fsp3) is 0.286. The molecule has 0 bridgehead atoms. The number of hydrogen-bond acceptors (Lipinski definition) is 2. The molecule has 0 saturated heterocycles. The predicted molar refractivity (Wildman–Crippen MR) is 126 cm³/mol. The van der Waals surface area contributed by atoms with Crippen LogP contribution in [0, 0.1) is 11.6 Å². The normalized spacial score (nSPS) is 17.5. The molecule has 38 heavy (non-hydrogen) atoms. The molecule has 0 heterocycles. The van der Waals surface area contributed by atoms with Gasteiger partial charge in [0.2, 0.25) is 0 Å². The lowest BCUT2D eigenvalue weighted by Crippen LogP contribution is -2.41. The number of ether oxygens (including phenoxy) is 2. The van der Waals surface area contributed by atoms with E-state index in [2.05, 4.69) is 11.3 Å². The standard InChI is InChI=1S/C28H22F8O2/c1-3-5-7-16-8-6-9-17(11-10-16)28(35,36)38-21-15-13-19-18-12-14-20(37-4-2)24(29)22(18)26(31,32)27(33,34)23(19)25(21)30/h3,8-15H,1,4-7H2,2H3. The largest absolute Gasteiger partial charge is 0.491 e. The van der Waals surface area contributed by atoms with Crippen LogP contribution in [0.5, 0.6) is 11.5 Å². The summed E-state index contributed by atoms with van der Waals surface area (Å²) in [6.45, 7) is 4.90. The average molecular weight is 542 g/mol. The summed E-state index contributed by atoms with van der Waals surface area (Å²) >= 11 is 0. The van der Waals surface area contributed by atoms with Crippen LogP contribution < -0.4 is 9.47 Å². The van der Waals surface area contributed by atoms with E-state index in [9.17, 15) is 13.2 Å². The lowest BCUT2D eigenvalue weighted by Gasteiger charge is -2.35. The number of alkyl halides is 6. The Labute approximate surface area is 213 Å². The van der Waals surface area contributed by atoms with Crippen molar-refractivity contribution in [1.82, 2.24) is 0 Å². The Morgan fingerprint density at radius 1 is 0.895 bits per heavy atom. The molecule has 0 unspecified atom stereocenters. The Balaban J connectivity index is 1.75. The van der Waals surface area contributed by atoms with E-state index in [-0.39, 0.29) is 13.0 Å². The summed E-state index contributed by atoms with van der Waals surface area (Å²) in [5.74, 6) is -16.4. The zero-order valence-electron chi connectivity index (χ0n) is 20.1. The van der Waals surface area contributed by atoms with Crippen LogP contribution in [0.15, 0.2) is 72.4 Å². The average Bonchev–Trinajstić information content (AvgIpc) is 3.10. The lowest BCUT2D eigenvalue weighted by molar-refractivity contribution is -0.228. The maximum Gasteiger partial charge on any atom is 0.426 e. The molecule has 2 aliphatic rings. The first-order valence-electron chi connectivity index (χ1n) is 11.7. The quantitative estimate of drug-likeness (QED) is 0.245. The van der Waals surface area contributed by atoms with Crippen molar-refractivity contribution in [3.63, 3.8) is 0 Å². The second kappa shape index (κ2) is 9.96. The molecule has 10 heteroatoms. The molecule has 0 aliphatic heterocycles. The van der Waals surface area contributed by atoms with Gasteiger partial charge < -0.3 is 9.47 Å². The van der Waals surface area contributed by atoms with E-state index in [0.717, 1.165) is 35.9 Å². The Kier molecular flexibility index (Phi) is 7.20. The monoisotopic (exact) mass is 542 g/mol. The van der Waals surface area contributed by atoms with Gasteiger partial charge in [-0.2, -0.15) is 26.3 Å². The molecule has 0 N–H and O–H groups in total. The molecule has 202 valence electrons. The van der Waals surface area contributed by atoms with Crippen LogP contribution in [0.1, 0.15) is 37.3 Å². The van der Waals surface area contributed by atoms with Gasteiger partial charge in [0.25, 0.3) is 0 Å². The van der Waals surface area contributed by atoms with Crippen molar-refractivity contribution in [2.24, 2.45) is 0 Å². The van der Waals surface area contributed by atoms with Gasteiger partial charge >= 0.3 is 18.0 Å². The second-order valence-corrected chi connectivity index (χ2v) is 8.64. The fourth-order valence-corrected chi connectivity index (χ4v) is 4.37. The minimum Gasteiger partial charge on any atom is -0.491 e. The molecule has 2 aromatic carbocycles. The number of halogens is 8. The van der Waals surface area contributed by atoms with Gasteiger partial charge in [-0.05, 0) is 67.7 Å². The molecule has 0 radical (unpaired) electrons. The number of benzene rings is 2. The third-order valence-corrected chi connectivity index (χ3v) is 6.23. The molecule has 0 spiro atoms. The third kappa shape index (κ3) is 4.50. The van der Waals surface area contributed by atoms with E-state index in [0.29, 0.717) is 18.9 Å². The molecular formula is C28H22F8O2. The molecular weight excluding hydrogens is 520 g/mol. The molecule has 2 nitrogen and oxygen atoms in total. The van der Waals surface area contributed by atoms with Crippen LogP contribution in [0.3, 0.4) is 0 Å². The third-order valence-electron chi connectivity index (χ3n) is 6.23. The SMILES string of the molecule is C=CCCC1=CCC=C(C(F)(F)Oc2ccc3c(c2F)C(F)(F)C(F)(F)c2c-3ccc(OCC)c2F)C=C1. The number of rotatable bonds is 8. The van der Waals surface area contributed by atoms with Gasteiger partial charge in [0.1, 0.15) is 0 Å². The number of hydrogen-bond donors (Lipinski definition) is 0. The zero-order valence-corrected chi connectivity index (χ0v) is 20.1. The number of allylic oxidation sites excluding steroid dienone is 5. The van der Waals surface area contributed by atoms with Crippen LogP contribution in [0.2, 0.25) is 0 Å². The van der Waals surface area contributed by atoms with Crippen LogP contribution in [-0.4, -0.2) is 12.7 Å². The Hall–Kier alpha value is -3.56. The molecule has 2 aliphatic carbocycles. The number of fused-ring (bicyclic) bond motifs is 3. The summed E-state index contributed by atoms with van der Waals surface area (Å²) < 4.78 is 130. The highest BCUT2D eigenvalue weighted by Gasteiger charge is 2.65. The van der Waals surface area contributed by atoms with E-state index < -0.39 is 68.9 Å². The van der Waals surface area contributed by atoms with E-state index in [1.54, 1.807) is 12.2 Å². The summed E-state index contributed by atoms with van der Waals surface area (Å²) in [6.07, 6.45) is 4.00. The van der Waals surface area contributed by atoms with E-state index in [1.165, 1.54) is 13.0 Å². The molecule has 0 aromatic heterocycles. The van der Waals surface area contributed by atoms with Gasteiger partial charge in [-0.1, -0.05) is 29.9 Å². The molecule has 0 fully saturated rings. The van der Waals surface area contributed by atoms with Gasteiger partial charge in [0.05, 0.1) is 23.3 Å². The van der Waals surface area contributed by atoms with Crippen molar-refractivity contribution >= 4 is 0 Å². The van der Waals surface area contributed by atoms with Crippen LogP contribution >= 0.6 is 0 Å². The minimum atomic E-state index is -5.30. The summed E-state index contributed by atoms with van der Waals surface area (Å²) in [4.78, 5) is 0. The highest BCUT2D eigenvalue weighted by molar-refractivity contribution is 5.78.